The summed E-state index contributed by atoms with van der Waals surface area (Å²) in [6.07, 6.45) is 0. The van der Waals surface area contributed by atoms with Gasteiger partial charge in [-0.15, -0.1) is 0 Å². The summed E-state index contributed by atoms with van der Waals surface area (Å²) in [6.45, 7) is 0. The number of para-hydroxylation sites is 4. The largest absolute Gasteiger partial charge is 0.356 e. The molecule has 9 rings (SSSR count). The van der Waals surface area contributed by atoms with Gasteiger partial charge in [0.2, 0.25) is 0 Å². The zero-order valence-electron chi connectivity index (χ0n) is 26.9. The number of hydrogen-bond donors (Lipinski definition) is 1. The minimum absolute atomic E-state index is 1.07. The Hall–Kier alpha value is -6.58. The normalized spacial score (nSPS) is 11.3. The second kappa shape index (κ2) is 12.2. The van der Waals surface area contributed by atoms with E-state index in [1.54, 1.807) is 0 Å². The van der Waals surface area contributed by atoms with Gasteiger partial charge in [0.25, 0.3) is 0 Å². The van der Waals surface area contributed by atoms with E-state index < -0.39 is 0 Å². The average Bonchev–Trinajstić information content (AvgIpc) is 3.51. The van der Waals surface area contributed by atoms with Crippen LogP contribution in [0.1, 0.15) is 0 Å². The molecule has 0 atom stereocenters. The van der Waals surface area contributed by atoms with E-state index in [4.69, 9.17) is 0 Å². The first-order valence-electron chi connectivity index (χ1n) is 16.7. The third-order valence-electron chi connectivity index (χ3n) is 9.33. The molecule has 0 aliphatic carbocycles. The number of aromatic nitrogens is 1. The molecular formula is C46H33N3. The van der Waals surface area contributed by atoms with Crippen molar-refractivity contribution >= 4 is 61.0 Å². The molecule has 0 saturated heterocycles. The first-order chi connectivity index (χ1) is 24.3. The maximum Gasteiger partial charge on any atom is 0.0621 e. The lowest BCUT2D eigenvalue weighted by Crippen LogP contribution is -2.10. The number of rotatable bonds is 7. The number of nitrogens with one attached hydrogen (secondary N) is 1. The van der Waals surface area contributed by atoms with Gasteiger partial charge in [0, 0.05) is 50.0 Å². The van der Waals surface area contributed by atoms with Gasteiger partial charge in [0.1, 0.15) is 0 Å². The summed E-state index contributed by atoms with van der Waals surface area (Å²) in [7, 11) is 0. The van der Waals surface area contributed by atoms with Crippen LogP contribution in [-0.2, 0) is 0 Å². The van der Waals surface area contributed by atoms with Crippen LogP contribution in [-0.4, -0.2) is 4.57 Å². The van der Waals surface area contributed by atoms with Crippen molar-refractivity contribution in [2.45, 2.75) is 0 Å². The molecule has 3 heteroatoms. The SMILES string of the molecule is c1ccc(Nc2ccc(-c3ccc(N(c4ccccc4)c4cc5c6ccccc6n(-c6ccccc6)c5c5ccccc45)cc3)cc2)cc1. The molecule has 0 aliphatic rings. The van der Waals surface area contributed by atoms with Crippen LogP contribution in [0.25, 0.3) is 49.4 Å². The molecule has 0 aliphatic heterocycles. The highest BCUT2D eigenvalue weighted by Gasteiger charge is 2.21. The van der Waals surface area contributed by atoms with Crippen LogP contribution in [0.5, 0.6) is 0 Å². The van der Waals surface area contributed by atoms with Crippen molar-refractivity contribution in [1.29, 1.82) is 0 Å². The second-order valence-corrected chi connectivity index (χ2v) is 12.3. The Bertz CT molecular complexity index is 2540. The maximum atomic E-state index is 3.48. The van der Waals surface area contributed by atoms with E-state index in [1.807, 2.05) is 18.2 Å². The highest BCUT2D eigenvalue weighted by molar-refractivity contribution is 6.22. The van der Waals surface area contributed by atoms with Gasteiger partial charge in [-0.3, -0.25) is 0 Å². The van der Waals surface area contributed by atoms with Gasteiger partial charge in [0.05, 0.1) is 16.7 Å². The topological polar surface area (TPSA) is 20.2 Å². The summed E-state index contributed by atoms with van der Waals surface area (Å²) in [4.78, 5) is 2.40. The van der Waals surface area contributed by atoms with E-state index in [2.05, 4.69) is 191 Å². The molecule has 1 N–H and O–H groups in total. The van der Waals surface area contributed by atoms with Crippen LogP contribution in [0.15, 0.2) is 194 Å². The maximum absolute atomic E-state index is 3.48. The monoisotopic (exact) mass is 627 g/mol. The molecule has 0 fully saturated rings. The van der Waals surface area contributed by atoms with Crippen LogP contribution in [0.4, 0.5) is 28.4 Å². The Kier molecular flexibility index (Phi) is 7.14. The molecule has 0 bridgehead atoms. The van der Waals surface area contributed by atoms with Crippen molar-refractivity contribution in [2.75, 3.05) is 10.2 Å². The Morgan fingerprint density at radius 2 is 0.898 bits per heavy atom. The highest BCUT2D eigenvalue weighted by Crippen LogP contribution is 2.45. The highest BCUT2D eigenvalue weighted by atomic mass is 15.1. The summed E-state index contributed by atoms with van der Waals surface area (Å²) in [5.74, 6) is 0. The van der Waals surface area contributed by atoms with Crippen LogP contribution in [0, 0.1) is 0 Å². The van der Waals surface area contributed by atoms with Crippen molar-refractivity contribution in [2.24, 2.45) is 0 Å². The number of anilines is 5. The molecule has 0 radical (unpaired) electrons. The lowest BCUT2D eigenvalue weighted by molar-refractivity contribution is 1.19. The number of nitrogens with zero attached hydrogens (tertiary/aromatic N) is 2. The standard InChI is InChI=1S/C46H33N3/c1-4-14-35(15-5-1)47-36-28-24-33(25-29-36)34-26-30-39(31-27-34)48(37-16-6-2-7-17-37)45-32-43-41-21-12-13-23-44(41)49(38-18-8-3-9-19-38)46(43)42-22-11-10-20-40(42)45/h1-32,47H. The van der Waals surface area contributed by atoms with Gasteiger partial charge in [0.15, 0.2) is 0 Å². The molecule has 9 aromatic rings. The van der Waals surface area contributed by atoms with Crippen LogP contribution in [0.3, 0.4) is 0 Å². The zero-order valence-corrected chi connectivity index (χ0v) is 26.9. The van der Waals surface area contributed by atoms with E-state index >= 15 is 0 Å². The fourth-order valence-electron chi connectivity index (χ4n) is 7.08. The van der Waals surface area contributed by atoms with Gasteiger partial charge in [-0.05, 0) is 83.9 Å². The predicted octanol–water partition coefficient (Wildman–Crippen LogP) is 12.8. The molecule has 1 aromatic heterocycles. The molecule has 49 heavy (non-hydrogen) atoms. The van der Waals surface area contributed by atoms with Crippen molar-refractivity contribution in [1.82, 2.24) is 4.57 Å². The van der Waals surface area contributed by atoms with E-state index in [-0.39, 0.29) is 0 Å². The third kappa shape index (κ3) is 5.18. The molecule has 3 nitrogen and oxygen atoms in total. The molecule has 232 valence electrons. The van der Waals surface area contributed by atoms with Gasteiger partial charge in [-0.2, -0.15) is 0 Å². The van der Waals surface area contributed by atoms with Gasteiger partial charge in [-0.25, -0.2) is 0 Å². The zero-order chi connectivity index (χ0) is 32.6. The van der Waals surface area contributed by atoms with Gasteiger partial charge in [-0.1, -0.05) is 121 Å². The lowest BCUT2D eigenvalue weighted by atomic mass is 10.0. The quantitative estimate of drug-likeness (QED) is 0.190. The van der Waals surface area contributed by atoms with Crippen molar-refractivity contribution in [3.8, 4) is 16.8 Å². The van der Waals surface area contributed by atoms with E-state index in [1.165, 1.54) is 43.7 Å². The minimum Gasteiger partial charge on any atom is -0.356 e. The summed E-state index contributed by atoms with van der Waals surface area (Å²) >= 11 is 0. The van der Waals surface area contributed by atoms with E-state index in [0.29, 0.717) is 0 Å². The lowest BCUT2D eigenvalue weighted by Gasteiger charge is -2.27. The van der Waals surface area contributed by atoms with Gasteiger partial charge >= 0.3 is 0 Å². The molecule has 1 heterocycles. The van der Waals surface area contributed by atoms with Crippen molar-refractivity contribution in [3.05, 3.63) is 194 Å². The summed E-state index contributed by atoms with van der Waals surface area (Å²) < 4.78 is 2.42. The molecule has 0 unspecified atom stereocenters. The van der Waals surface area contributed by atoms with Crippen LogP contribution < -0.4 is 10.2 Å². The molecule has 0 saturated carbocycles. The average molecular weight is 628 g/mol. The van der Waals surface area contributed by atoms with Crippen LogP contribution >= 0.6 is 0 Å². The first kappa shape index (κ1) is 28.6. The number of fused-ring (bicyclic) bond motifs is 5. The number of benzene rings is 8. The number of hydrogen-bond acceptors (Lipinski definition) is 2. The fourth-order valence-corrected chi connectivity index (χ4v) is 7.08. The Morgan fingerprint density at radius 3 is 1.59 bits per heavy atom. The minimum atomic E-state index is 1.07. The summed E-state index contributed by atoms with van der Waals surface area (Å²) in [5, 5.41) is 8.37. The second-order valence-electron chi connectivity index (χ2n) is 12.3. The third-order valence-corrected chi connectivity index (χ3v) is 9.33. The summed E-state index contributed by atoms with van der Waals surface area (Å²) in [6, 6.07) is 69.2. The van der Waals surface area contributed by atoms with Crippen molar-refractivity contribution < 1.29 is 0 Å². The Morgan fingerprint density at radius 1 is 0.388 bits per heavy atom. The molecule has 8 aromatic carbocycles. The van der Waals surface area contributed by atoms with E-state index in [0.717, 1.165) is 34.1 Å². The summed E-state index contributed by atoms with van der Waals surface area (Å²) in [5.41, 5.74) is 11.4. The van der Waals surface area contributed by atoms with Crippen molar-refractivity contribution in [3.63, 3.8) is 0 Å². The fraction of sp³-hybridized carbons (Fsp3) is 0. The Labute approximate surface area is 285 Å². The molecule has 0 spiro atoms. The van der Waals surface area contributed by atoms with Crippen LogP contribution in [0.2, 0.25) is 0 Å². The first-order valence-corrected chi connectivity index (χ1v) is 16.7. The predicted molar refractivity (Wildman–Crippen MR) is 208 cm³/mol. The molecule has 0 amide bonds. The van der Waals surface area contributed by atoms with Gasteiger partial charge < -0.3 is 14.8 Å². The van der Waals surface area contributed by atoms with E-state index in [9.17, 15) is 0 Å². The Balaban J connectivity index is 1.19. The smallest absolute Gasteiger partial charge is 0.0621 e. The molecular weight excluding hydrogens is 595 g/mol.